The summed E-state index contributed by atoms with van der Waals surface area (Å²) in [5, 5.41) is 0. The van der Waals surface area contributed by atoms with Crippen molar-refractivity contribution in [2.24, 2.45) is 4.99 Å². The van der Waals surface area contributed by atoms with E-state index in [1.165, 1.54) is 43.8 Å². The van der Waals surface area contributed by atoms with Gasteiger partial charge < -0.3 is 0 Å². The molecule has 60 valence electrons. The summed E-state index contributed by atoms with van der Waals surface area (Å²) in [7, 11) is 0. The van der Waals surface area contributed by atoms with E-state index in [2.05, 4.69) is 11.1 Å². The lowest BCUT2D eigenvalue weighted by atomic mass is 9.95. The molecule has 0 N–H and O–H groups in total. The van der Waals surface area contributed by atoms with Crippen molar-refractivity contribution >= 4 is 6.08 Å². The van der Waals surface area contributed by atoms with Crippen LogP contribution in [0.2, 0.25) is 0 Å². The molecule has 1 fully saturated rings. The lowest BCUT2D eigenvalue weighted by Gasteiger charge is -2.12. The first-order valence-electron chi connectivity index (χ1n) is 4.15. The highest BCUT2D eigenvalue weighted by Gasteiger charge is 2.03. The monoisotopic (exact) mass is 151 g/mol. The molecule has 2 nitrogen and oxygen atoms in total. The van der Waals surface area contributed by atoms with Gasteiger partial charge in [0.15, 0.2) is 0 Å². The van der Waals surface area contributed by atoms with Crippen LogP contribution in [0.4, 0.5) is 0 Å². The molecular weight excluding hydrogens is 138 g/mol. The number of hydrogen-bond donors (Lipinski definition) is 0. The van der Waals surface area contributed by atoms with Crippen LogP contribution in [0.5, 0.6) is 0 Å². The molecule has 0 radical (unpaired) electrons. The summed E-state index contributed by atoms with van der Waals surface area (Å²) in [4.78, 5) is 13.2. The van der Waals surface area contributed by atoms with E-state index < -0.39 is 0 Å². The van der Waals surface area contributed by atoms with Gasteiger partial charge in [-0.1, -0.05) is 18.1 Å². The summed E-state index contributed by atoms with van der Waals surface area (Å²) >= 11 is 0. The van der Waals surface area contributed by atoms with Crippen LogP contribution in [0.25, 0.3) is 0 Å². The number of isocyanates is 1. The summed E-state index contributed by atoms with van der Waals surface area (Å²) < 4.78 is 0. The summed E-state index contributed by atoms with van der Waals surface area (Å²) in [6.45, 7) is 0.527. The summed E-state index contributed by atoms with van der Waals surface area (Å²) in [5.74, 6) is 0. The first-order chi connectivity index (χ1) is 5.43. The molecular formula is C9H13NO. The summed E-state index contributed by atoms with van der Waals surface area (Å²) in [6, 6.07) is 0. The number of carbonyl (C=O) groups excluding carboxylic acids is 1. The maximum absolute atomic E-state index is 9.73. The van der Waals surface area contributed by atoms with Gasteiger partial charge >= 0.3 is 0 Å². The maximum Gasteiger partial charge on any atom is 0.235 e. The average molecular weight is 151 g/mol. The standard InChI is InChI=1S/C9H13NO/c11-8-10-7-6-9-4-2-1-3-5-9/h6H,1-5,7H2. The molecule has 0 atom stereocenters. The van der Waals surface area contributed by atoms with Crippen LogP contribution in [0.1, 0.15) is 32.1 Å². The predicted molar refractivity (Wildman–Crippen MR) is 44.2 cm³/mol. The molecule has 0 bridgehead atoms. The number of rotatable bonds is 2. The Bertz CT molecular complexity index is 182. The third-order valence-corrected chi connectivity index (χ3v) is 2.03. The molecule has 0 saturated heterocycles. The Kier molecular flexibility index (Phi) is 3.63. The lowest BCUT2D eigenvalue weighted by Crippen LogP contribution is -1.94. The Balaban J connectivity index is 2.31. The smallest absolute Gasteiger partial charge is 0.211 e. The molecule has 0 spiro atoms. The molecule has 0 amide bonds. The highest BCUT2D eigenvalue weighted by Crippen LogP contribution is 2.22. The van der Waals surface area contributed by atoms with Gasteiger partial charge in [-0.15, -0.1) is 0 Å². The SMILES string of the molecule is O=C=NCC=C1CCCCC1. The van der Waals surface area contributed by atoms with E-state index in [0.29, 0.717) is 6.54 Å². The first kappa shape index (κ1) is 8.22. The molecule has 0 unspecified atom stereocenters. The quantitative estimate of drug-likeness (QED) is 0.338. The Morgan fingerprint density at radius 3 is 2.73 bits per heavy atom. The zero-order valence-corrected chi connectivity index (χ0v) is 6.68. The van der Waals surface area contributed by atoms with Crippen LogP contribution in [0.3, 0.4) is 0 Å². The van der Waals surface area contributed by atoms with Crippen molar-refractivity contribution in [1.82, 2.24) is 0 Å². The molecule has 0 heterocycles. The topological polar surface area (TPSA) is 29.4 Å². The average Bonchev–Trinajstić information content (AvgIpc) is 2.07. The molecule has 0 aromatic carbocycles. The van der Waals surface area contributed by atoms with Gasteiger partial charge in [0.25, 0.3) is 0 Å². The van der Waals surface area contributed by atoms with Crippen molar-refractivity contribution in [3.8, 4) is 0 Å². The van der Waals surface area contributed by atoms with Crippen LogP contribution < -0.4 is 0 Å². The number of aliphatic imine (C=N–C) groups is 1. The summed E-state index contributed by atoms with van der Waals surface area (Å²) in [6.07, 6.45) is 9.96. The van der Waals surface area contributed by atoms with E-state index in [1.54, 1.807) is 0 Å². The molecule has 1 rings (SSSR count). The maximum atomic E-state index is 9.73. The second-order valence-corrected chi connectivity index (χ2v) is 2.86. The fourth-order valence-electron chi connectivity index (χ4n) is 1.42. The lowest BCUT2D eigenvalue weighted by molar-refractivity contribution is 0.563. The Morgan fingerprint density at radius 1 is 1.36 bits per heavy atom. The van der Waals surface area contributed by atoms with Crippen molar-refractivity contribution in [2.75, 3.05) is 6.54 Å². The highest BCUT2D eigenvalue weighted by molar-refractivity contribution is 5.33. The largest absolute Gasteiger partial charge is 0.235 e. The minimum atomic E-state index is 0.527. The molecule has 2 heteroatoms. The molecule has 0 aromatic heterocycles. The van der Waals surface area contributed by atoms with Crippen LogP contribution in [0.15, 0.2) is 16.6 Å². The van der Waals surface area contributed by atoms with Gasteiger partial charge in [0, 0.05) is 0 Å². The van der Waals surface area contributed by atoms with Gasteiger partial charge in [-0.2, -0.15) is 0 Å². The highest BCUT2D eigenvalue weighted by atomic mass is 16.1. The van der Waals surface area contributed by atoms with Gasteiger partial charge in [0.1, 0.15) is 0 Å². The van der Waals surface area contributed by atoms with E-state index in [-0.39, 0.29) is 0 Å². The van der Waals surface area contributed by atoms with E-state index in [4.69, 9.17) is 0 Å². The van der Waals surface area contributed by atoms with Crippen molar-refractivity contribution in [3.63, 3.8) is 0 Å². The van der Waals surface area contributed by atoms with Gasteiger partial charge in [-0.3, -0.25) is 0 Å². The van der Waals surface area contributed by atoms with Crippen molar-refractivity contribution in [1.29, 1.82) is 0 Å². The zero-order valence-electron chi connectivity index (χ0n) is 6.68. The Hall–Kier alpha value is -0.880. The zero-order chi connectivity index (χ0) is 7.94. The molecule has 0 aliphatic heterocycles. The Morgan fingerprint density at radius 2 is 2.09 bits per heavy atom. The molecule has 1 aliphatic rings. The molecule has 1 aliphatic carbocycles. The molecule has 1 saturated carbocycles. The van der Waals surface area contributed by atoms with Gasteiger partial charge in [0.05, 0.1) is 6.54 Å². The van der Waals surface area contributed by atoms with Gasteiger partial charge in [-0.25, -0.2) is 9.79 Å². The second-order valence-electron chi connectivity index (χ2n) is 2.86. The Labute approximate surface area is 67.0 Å². The minimum absolute atomic E-state index is 0.527. The minimum Gasteiger partial charge on any atom is -0.211 e. The van der Waals surface area contributed by atoms with Gasteiger partial charge in [0.2, 0.25) is 6.08 Å². The van der Waals surface area contributed by atoms with Crippen LogP contribution in [-0.2, 0) is 4.79 Å². The van der Waals surface area contributed by atoms with E-state index in [9.17, 15) is 4.79 Å². The normalized spacial score (nSPS) is 17.3. The van der Waals surface area contributed by atoms with Crippen molar-refractivity contribution in [2.45, 2.75) is 32.1 Å². The van der Waals surface area contributed by atoms with Crippen molar-refractivity contribution < 1.29 is 4.79 Å². The summed E-state index contributed by atoms with van der Waals surface area (Å²) in [5.41, 5.74) is 1.47. The fourth-order valence-corrected chi connectivity index (χ4v) is 1.42. The van der Waals surface area contributed by atoms with Crippen LogP contribution in [-0.4, -0.2) is 12.6 Å². The third-order valence-electron chi connectivity index (χ3n) is 2.03. The van der Waals surface area contributed by atoms with E-state index in [1.807, 2.05) is 0 Å². The number of allylic oxidation sites excluding steroid dienone is 1. The van der Waals surface area contributed by atoms with E-state index >= 15 is 0 Å². The fraction of sp³-hybridized carbons (Fsp3) is 0.667. The molecule has 11 heavy (non-hydrogen) atoms. The van der Waals surface area contributed by atoms with Gasteiger partial charge in [-0.05, 0) is 25.7 Å². The predicted octanol–water partition coefficient (Wildman–Crippen LogP) is 2.21. The van der Waals surface area contributed by atoms with Crippen LogP contribution in [0, 0.1) is 0 Å². The number of hydrogen-bond acceptors (Lipinski definition) is 2. The first-order valence-corrected chi connectivity index (χ1v) is 4.15. The molecule has 0 aromatic rings. The van der Waals surface area contributed by atoms with Crippen LogP contribution >= 0.6 is 0 Å². The van der Waals surface area contributed by atoms with E-state index in [0.717, 1.165) is 0 Å². The van der Waals surface area contributed by atoms with Crippen molar-refractivity contribution in [3.05, 3.63) is 11.6 Å². The third kappa shape index (κ3) is 3.15. The number of nitrogens with zero attached hydrogens (tertiary/aromatic N) is 1. The second kappa shape index (κ2) is 4.86.